The fourth-order valence-corrected chi connectivity index (χ4v) is 4.99. The van der Waals surface area contributed by atoms with E-state index in [1.807, 2.05) is 54.8 Å². The van der Waals surface area contributed by atoms with Crippen molar-refractivity contribution in [1.82, 2.24) is 20.1 Å². The topological polar surface area (TPSA) is 114 Å². The van der Waals surface area contributed by atoms with Gasteiger partial charge in [-0.3, -0.25) is 14.2 Å². The van der Waals surface area contributed by atoms with Crippen LogP contribution >= 0.6 is 11.6 Å². The molecule has 11 heteroatoms. The van der Waals surface area contributed by atoms with Crippen LogP contribution in [0.3, 0.4) is 0 Å². The van der Waals surface area contributed by atoms with E-state index in [-0.39, 0.29) is 30.6 Å². The van der Waals surface area contributed by atoms with Gasteiger partial charge in [0.25, 0.3) is 0 Å². The van der Waals surface area contributed by atoms with Crippen LogP contribution in [0.15, 0.2) is 36.4 Å². The van der Waals surface area contributed by atoms with E-state index >= 15 is 0 Å². The fraction of sp³-hybridized carbons (Fsp3) is 0.448. The lowest BCUT2D eigenvalue weighted by Gasteiger charge is -2.25. The zero-order valence-electron chi connectivity index (χ0n) is 23.4. The zero-order chi connectivity index (χ0) is 28.8. The molecule has 1 aliphatic rings. The number of methoxy groups -OCH3 is 2. The van der Waals surface area contributed by atoms with E-state index in [0.29, 0.717) is 41.9 Å². The van der Waals surface area contributed by atoms with Crippen LogP contribution < -0.4 is 14.8 Å². The Morgan fingerprint density at radius 2 is 1.93 bits per heavy atom. The smallest absolute Gasteiger partial charge is 0.305 e. The van der Waals surface area contributed by atoms with E-state index in [2.05, 4.69) is 15.5 Å². The summed E-state index contributed by atoms with van der Waals surface area (Å²) in [5.74, 6) is 1.84. The highest BCUT2D eigenvalue weighted by molar-refractivity contribution is 6.30. The second kappa shape index (κ2) is 13.1. The van der Waals surface area contributed by atoms with Crippen LogP contribution in [-0.4, -0.2) is 54.0 Å². The SMILES string of the molecule is CCOC(=O)CCCNC(=O)CC1OC(c2cccc(OC)c2OC)c2cc(Cl)ccc2-n2c(C(C)C)nnc21. The lowest BCUT2D eigenvalue weighted by Crippen LogP contribution is -2.28. The molecule has 1 aliphatic heterocycles. The van der Waals surface area contributed by atoms with Gasteiger partial charge in [-0.05, 0) is 37.6 Å². The van der Waals surface area contributed by atoms with Gasteiger partial charge in [-0.1, -0.05) is 37.6 Å². The third-order valence-electron chi connectivity index (χ3n) is 6.60. The molecule has 0 saturated heterocycles. The molecule has 1 aromatic heterocycles. The summed E-state index contributed by atoms with van der Waals surface area (Å²) >= 11 is 6.50. The fourth-order valence-electron chi connectivity index (χ4n) is 4.81. The molecule has 4 rings (SSSR count). The predicted octanol–water partition coefficient (Wildman–Crippen LogP) is 5.07. The molecule has 0 saturated carbocycles. The van der Waals surface area contributed by atoms with Crippen molar-refractivity contribution in [3.63, 3.8) is 0 Å². The van der Waals surface area contributed by atoms with Crippen LogP contribution in [0.5, 0.6) is 11.5 Å². The van der Waals surface area contributed by atoms with Crippen molar-refractivity contribution in [2.24, 2.45) is 0 Å². The van der Waals surface area contributed by atoms with Crippen molar-refractivity contribution in [1.29, 1.82) is 0 Å². The predicted molar refractivity (Wildman–Crippen MR) is 149 cm³/mol. The Labute approximate surface area is 238 Å². The number of esters is 1. The number of nitrogens with zero attached hydrogens (tertiary/aromatic N) is 3. The largest absolute Gasteiger partial charge is 0.493 e. The number of halogens is 1. The maximum absolute atomic E-state index is 13.1. The minimum atomic E-state index is -0.753. The Hall–Kier alpha value is -3.63. The van der Waals surface area contributed by atoms with Gasteiger partial charge in [0.05, 0.1) is 32.9 Å². The average molecular weight is 571 g/mol. The average Bonchev–Trinajstić information content (AvgIpc) is 3.33. The molecule has 0 radical (unpaired) electrons. The number of nitrogens with one attached hydrogen (secondary N) is 1. The molecule has 0 spiro atoms. The Balaban J connectivity index is 1.74. The molecule has 10 nitrogen and oxygen atoms in total. The molecule has 214 valence electrons. The Kier molecular flexibility index (Phi) is 9.65. The van der Waals surface area contributed by atoms with Crippen LogP contribution in [0.25, 0.3) is 5.69 Å². The Bertz CT molecular complexity index is 1360. The Morgan fingerprint density at radius 3 is 2.62 bits per heavy atom. The molecular weight excluding hydrogens is 536 g/mol. The monoisotopic (exact) mass is 570 g/mol. The van der Waals surface area contributed by atoms with E-state index in [0.717, 1.165) is 22.6 Å². The van der Waals surface area contributed by atoms with Gasteiger partial charge in [-0.25, -0.2) is 0 Å². The van der Waals surface area contributed by atoms with Crippen molar-refractivity contribution >= 4 is 23.5 Å². The minimum Gasteiger partial charge on any atom is -0.493 e. The van der Waals surface area contributed by atoms with E-state index in [4.69, 9.17) is 30.5 Å². The van der Waals surface area contributed by atoms with Gasteiger partial charge < -0.3 is 24.3 Å². The number of ether oxygens (including phenoxy) is 4. The van der Waals surface area contributed by atoms with Crippen LogP contribution in [-0.2, 0) is 19.1 Å². The summed E-state index contributed by atoms with van der Waals surface area (Å²) in [7, 11) is 3.15. The first-order chi connectivity index (χ1) is 19.3. The molecule has 1 amide bonds. The normalized spacial score (nSPS) is 16.1. The maximum Gasteiger partial charge on any atom is 0.305 e. The lowest BCUT2D eigenvalue weighted by molar-refractivity contribution is -0.143. The van der Waals surface area contributed by atoms with Gasteiger partial charge in [0.2, 0.25) is 5.91 Å². The number of hydrogen-bond donors (Lipinski definition) is 1. The maximum atomic E-state index is 13.1. The third-order valence-corrected chi connectivity index (χ3v) is 6.84. The highest BCUT2D eigenvalue weighted by Gasteiger charge is 2.37. The molecule has 2 atom stereocenters. The summed E-state index contributed by atoms with van der Waals surface area (Å²) in [4.78, 5) is 24.7. The van der Waals surface area contributed by atoms with E-state index in [1.165, 1.54) is 0 Å². The number of para-hydroxylation sites is 1. The molecular formula is C29H35ClN4O6. The number of amides is 1. The summed E-state index contributed by atoms with van der Waals surface area (Å²) in [6, 6.07) is 11.2. The standard InChI is InChI=1S/C29H35ClN4O6/c1-6-39-25(36)11-8-14-31-24(35)16-23-29-33-32-28(17(2)3)34(29)21-13-12-18(30)15-20(21)26(40-23)19-9-7-10-22(37-4)27(19)38-5/h7,9-10,12-13,15,17,23,26H,6,8,11,14,16H2,1-5H3,(H,31,35). The molecule has 40 heavy (non-hydrogen) atoms. The van der Waals surface area contributed by atoms with Crippen molar-refractivity contribution in [2.75, 3.05) is 27.4 Å². The van der Waals surface area contributed by atoms with Crippen molar-refractivity contribution in [3.05, 3.63) is 64.2 Å². The molecule has 1 N–H and O–H groups in total. The zero-order valence-corrected chi connectivity index (χ0v) is 24.2. The number of rotatable bonds is 11. The first-order valence-corrected chi connectivity index (χ1v) is 13.7. The number of aromatic nitrogens is 3. The van der Waals surface area contributed by atoms with Crippen LogP contribution in [0.1, 0.15) is 80.9 Å². The van der Waals surface area contributed by atoms with E-state index in [9.17, 15) is 9.59 Å². The number of fused-ring (bicyclic) bond motifs is 3. The second-order valence-electron chi connectivity index (χ2n) is 9.66. The number of carbonyl (C=O) groups excluding carboxylic acids is 2. The highest BCUT2D eigenvalue weighted by Crippen LogP contribution is 2.46. The molecule has 0 aliphatic carbocycles. The highest BCUT2D eigenvalue weighted by atomic mass is 35.5. The van der Waals surface area contributed by atoms with Crippen molar-refractivity contribution in [2.45, 2.75) is 58.2 Å². The number of hydrogen-bond acceptors (Lipinski definition) is 8. The first-order valence-electron chi connectivity index (χ1n) is 13.3. The molecule has 0 bridgehead atoms. The molecule has 3 aromatic rings. The first kappa shape index (κ1) is 29.4. The third kappa shape index (κ3) is 6.23. The minimum absolute atomic E-state index is 0.0138. The number of benzene rings is 2. The molecule has 2 heterocycles. The molecule has 0 fully saturated rings. The van der Waals surface area contributed by atoms with Crippen LogP contribution in [0, 0.1) is 0 Å². The van der Waals surface area contributed by atoms with E-state index in [1.54, 1.807) is 21.1 Å². The number of carbonyl (C=O) groups is 2. The van der Waals surface area contributed by atoms with Gasteiger partial charge >= 0.3 is 5.97 Å². The molecule has 2 aromatic carbocycles. The van der Waals surface area contributed by atoms with Crippen LogP contribution in [0.4, 0.5) is 0 Å². The lowest BCUT2D eigenvalue weighted by atomic mass is 9.98. The molecule has 2 unspecified atom stereocenters. The summed E-state index contributed by atoms with van der Waals surface area (Å²) in [6.45, 7) is 6.49. The van der Waals surface area contributed by atoms with Crippen molar-refractivity contribution < 1.29 is 28.5 Å². The second-order valence-corrected chi connectivity index (χ2v) is 10.1. The van der Waals surface area contributed by atoms with E-state index < -0.39 is 12.2 Å². The van der Waals surface area contributed by atoms with Crippen molar-refractivity contribution in [3.8, 4) is 17.2 Å². The quantitative estimate of drug-likeness (QED) is 0.251. The van der Waals surface area contributed by atoms with Gasteiger partial charge in [-0.2, -0.15) is 0 Å². The van der Waals surface area contributed by atoms with Gasteiger partial charge in [0.1, 0.15) is 18.0 Å². The summed E-state index contributed by atoms with van der Waals surface area (Å²) in [6.07, 6.45) is -0.731. The van der Waals surface area contributed by atoms with Gasteiger partial charge in [0, 0.05) is 35.0 Å². The Morgan fingerprint density at radius 1 is 1.12 bits per heavy atom. The van der Waals surface area contributed by atoms with Crippen LogP contribution in [0.2, 0.25) is 5.02 Å². The summed E-state index contributed by atoms with van der Waals surface area (Å²) < 4.78 is 25.0. The van der Waals surface area contributed by atoms with Gasteiger partial charge in [-0.15, -0.1) is 10.2 Å². The summed E-state index contributed by atoms with van der Waals surface area (Å²) in [5.41, 5.74) is 2.30. The van der Waals surface area contributed by atoms with Gasteiger partial charge in [0.15, 0.2) is 17.3 Å². The summed E-state index contributed by atoms with van der Waals surface area (Å²) in [5, 5.41) is 12.4.